The molecule has 6 heteroatoms. The van der Waals surface area contributed by atoms with Crippen LogP contribution in [0.1, 0.15) is 25.5 Å². The lowest BCUT2D eigenvalue weighted by Crippen LogP contribution is -2.19. The topological polar surface area (TPSA) is 69.0 Å². The molecule has 3 rings (SSSR count). The Hall–Kier alpha value is -2.47. The molecule has 0 N–H and O–H groups in total. The average molecular weight is 342 g/mol. The van der Waals surface area contributed by atoms with Crippen LogP contribution in [0.25, 0.3) is 11.0 Å². The SMILES string of the molecule is CC(=O)C(C)n1c(S(=O)(=O)Cc2ccccc2)nc2ccccc21. The van der Waals surface area contributed by atoms with E-state index in [1.54, 1.807) is 55.5 Å². The maximum atomic E-state index is 12.9. The number of benzene rings is 2. The molecule has 2 aromatic carbocycles. The lowest BCUT2D eigenvalue weighted by atomic mass is 10.2. The zero-order valence-electron chi connectivity index (χ0n) is 13.5. The number of rotatable bonds is 5. The van der Waals surface area contributed by atoms with Crippen LogP contribution in [0.5, 0.6) is 0 Å². The molecule has 0 spiro atoms. The standard InChI is InChI=1S/C18H18N2O3S/c1-13(14(2)21)20-17-11-7-6-10-16(17)19-18(20)24(22,23)12-15-8-4-3-5-9-15/h3-11,13H,12H2,1-2H3. The number of Topliss-reactive ketones (excluding diaryl/α,β-unsaturated/α-hetero) is 1. The first-order valence-corrected chi connectivity index (χ1v) is 9.29. The van der Waals surface area contributed by atoms with E-state index in [2.05, 4.69) is 4.98 Å². The number of hydrogen-bond donors (Lipinski definition) is 0. The zero-order chi connectivity index (χ0) is 17.3. The highest BCUT2D eigenvalue weighted by Gasteiger charge is 2.27. The molecule has 1 atom stereocenters. The molecule has 0 aliphatic rings. The number of imidazole rings is 1. The molecule has 1 aromatic heterocycles. The molecule has 0 saturated carbocycles. The maximum Gasteiger partial charge on any atom is 0.229 e. The number of nitrogens with zero attached hydrogens (tertiary/aromatic N) is 2. The normalized spacial score (nSPS) is 13.1. The van der Waals surface area contributed by atoms with Crippen molar-refractivity contribution in [1.29, 1.82) is 0 Å². The summed E-state index contributed by atoms with van der Waals surface area (Å²) in [7, 11) is -3.68. The van der Waals surface area contributed by atoms with Gasteiger partial charge >= 0.3 is 0 Å². The van der Waals surface area contributed by atoms with Crippen molar-refractivity contribution in [3.63, 3.8) is 0 Å². The van der Waals surface area contributed by atoms with Crippen molar-refractivity contribution in [2.24, 2.45) is 0 Å². The van der Waals surface area contributed by atoms with Gasteiger partial charge in [0.25, 0.3) is 0 Å². The molecule has 24 heavy (non-hydrogen) atoms. The van der Waals surface area contributed by atoms with E-state index in [0.29, 0.717) is 16.6 Å². The average Bonchev–Trinajstić information content (AvgIpc) is 2.95. The van der Waals surface area contributed by atoms with Crippen molar-refractivity contribution >= 4 is 26.7 Å². The number of sulfone groups is 1. The third kappa shape index (κ3) is 2.97. The summed E-state index contributed by atoms with van der Waals surface area (Å²) < 4.78 is 27.4. The van der Waals surface area contributed by atoms with Gasteiger partial charge in [-0.1, -0.05) is 42.5 Å². The fraction of sp³-hybridized carbons (Fsp3) is 0.222. The van der Waals surface area contributed by atoms with Crippen molar-refractivity contribution in [3.8, 4) is 0 Å². The maximum absolute atomic E-state index is 12.9. The van der Waals surface area contributed by atoms with E-state index in [-0.39, 0.29) is 16.7 Å². The monoisotopic (exact) mass is 342 g/mol. The van der Waals surface area contributed by atoms with Gasteiger partial charge in [-0.3, -0.25) is 4.79 Å². The van der Waals surface area contributed by atoms with Gasteiger partial charge in [-0.2, -0.15) is 0 Å². The minimum Gasteiger partial charge on any atom is -0.304 e. The fourth-order valence-electron chi connectivity index (χ4n) is 2.66. The van der Waals surface area contributed by atoms with E-state index < -0.39 is 15.9 Å². The first kappa shape index (κ1) is 16.4. The molecule has 3 aromatic rings. The molecule has 0 aliphatic carbocycles. The fourth-order valence-corrected chi connectivity index (χ4v) is 4.21. The molecule has 124 valence electrons. The summed E-state index contributed by atoms with van der Waals surface area (Å²) in [4.78, 5) is 16.2. The number of aromatic nitrogens is 2. The third-order valence-electron chi connectivity index (χ3n) is 4.02. The van der Waals surface area contributed by atoms with Crippen LogP contribution in [0.15, 0.2) is 59.8 Å². The van der Waals surface area contributed by atoms with Crippen molar-refractivity contribution in [2.45, 2.75) is 30.8 Å². The first-order valence-electron chi connectivity index (χ1n) is 7.64. The van der Waals surface area contributed by atoms with Crippen LogP contribution in [-0.4, -0.2) is 23.8 Å². The predicted molar refractivity (Wildman–Crippen MR) is 92.5 cm³/mol. The van der Waals surface area contributed by atoms with Gasteiger partial charge in [0.05, 0.1) is 22.8 Å². The lowest BCUT2D eigenvalue weighted by Gasteiger charge is -2.15. The van der Waals surface area contributed by atoms with Gasteiger partial charge in [0.2, 0.25) is 15.0 Å². The summed E-state index contributed by atoms with van der Waals surface area (Å²) in [5, 5.41) is -0.0600. The van der Waals surface area contributed by atoms with E-state index in [4.69, 9.17) is 0 Å². The van der Waals surface area contributed by atoms with E-state index >= 15 is 0 Å². The summed E-state index contributed by atoms with van der Waals surface area (Å²) >= 11 is 0. The molecular formula is C18H18N2O3S. The number of carbonyl (C=O) groups excluding carboxylic acids is 1. The van der Waals surface area contributed by atoms with Crippen LogP contribution < -0.4 is 0 Å². The number of ketones is 1. The summed E-state index contributed by atoms with van der Waals surface area (Å²) in [6.45, 7) is 3.14. The van der Waals surface area contributed by atoms with Gasteiger partial charge in [-0.05, 0) is 31.5 Å². The Labute approximate surface area is 140 Å². The molecule has 0 amide bonds. The van der Waals surface area contributed by atoms with Crippen LogP contribution in [0.3, 0.4) is 0 Å². The Morgan fingerprint density at radius 1 is 1.08 bits per heavy atom. The smallest absolute Gasteiger partial charge is 0.229 e. The highest BCUT2D eigenvalue weighted by Crippen LogP contribution is 2.26. The van der Waals surface area contributed by atoms with Crippen LogP contribution >= 0.6 is 0 Å². The summed E-state index contributed by atoms with van der Waals surface area (Å²) in [6.07, 6.45) is 0. The molecule has 1 unspecified atom stereocenters. The first-order chi connectivity index (χ1) is 11.4. The van der Waals surface area contributed by atoms with Crippen LogP contribution in [0, 0.1) is 0 Å². The summed E-state index contributed by atoms with van der Waals surface area (Å²) in [6, 6.07) is 15.5. The lowest BCUT2D eigenvalue weighted by molar-refractivity contribution is -0.119. The van der Waals surface area contributed by atoms with Gasteiger partial charge in [0.1, 0.15) is 0 Å². The Morgan fingerprint density at radius 3 is 2.38 bits per heavy atom. The number of fused-ring (bicyclic) bond motifs is 1. The predicted octanol–water partition coefficient (Wildman–Crippen LogP) is 3.16. The second kappa shape index (κ2) is 6.20. The van der Waals surface area contributed by atoms with Gasteiger partial charge in [0, 0.05) is 0 Å². The molecule has 0 aliphatic heterocycles. The number of para-hydroxylation sites is 2. The molecule has 0 saturated heterocycles. The van der Waals surface area contributed by atoms with E-state index in [9.17, 15) is 13.2 Å². The molecule has 0 bridgehead atoms. The van der Waals surface area contributed by atoms with Crippen LogP contribution in [-0.2, 0) is 20.4 Å². The summed E-state index contributed by atoms with van der Waals surface area (Å²) in [5.74, 6) is -0.267. The quantitative estimate of drug-likeness (QED) is 0.714. The Balaban J connectivity index is 2.18. The Kier molecular flexibility index (Phi) is 4.24. The largest absolute Gasteiger partial charge is 0.304 e. The second-order valence-electron chi connectivity index (χ2n) is 5.78. The van der Waals surface area contributed by atoms with Gasteiger partial charge < -0.3 is 4.57 Å². The second-order valence-corrected chi connectivity index (χ2v) is 7.67. The molecule has 1 heterocycles. The zero-order valence-corrected chi connectivity index (χ0v) is 14.3. The molecule has 0 fully saturated rings. The molecule has 5 nitrogen and oxygen atoms in total. The highest BCUT2D eigenvalue weighted by atomic mass is 32.2. The van der Waals surface area contributed by atoms with E-state index in [1.807, 2.05) is 6.07 Å². The van der Waals surface area contributed by atoms with Gasteiger partial charge in [-0.15, -0.1) is 0 Å². The summed E-state index contributed by atoms with van der Waals surface area (Å²) in [5.41, 5.74) is 1.90. The van der Waals surface area contributed by atoms with Crippen molar-refractivity contribution in [2.75, 3.05) is 0 Å². The molecular weight excluding hydrogens is 324 g/mol. The minimum atomic E-state index is -3.68. The third-order valence-corrected chi connectivity index (χ3v) is 5.57. The van der Waals surface area contributed by atoms with Gasteiger partial charge in [-0.25, -0.2) is 13.4 Å². The van der Waals surface area contributed by atoms with E-state index in [1.165, 1.54) is 11.5 Å². The van der Waals surface area contributed by atoms with Gasteiger partial charge in [0.15, 0.2) is 5.78 Å². The van der Waals surface area contributed by atoms with Crippen molar-refractivity contribution in [3.05, 3.63) is 60.2 Å². The van der Waals surface area contributed by atoms with Crippen LogP contribution in [0.2, 0.25) is 0 Å². The number of hydrogen-bond acceptors (Lipinski definition) is 4. The van der Waals surface area contributed by atoms with Crippen LogP contribution in [0.4, 0.5) is 0 Å². The highest BCUT2D eigenvalue weighted by molar-refractivity contribution is 7.90. The van der Waals surface area contributed by atoms with Crippen molar-refractivity contribution < 1.29 is 13.2 Å². The Bertz CT molecular complexity index is 992. The minimum absolute atomic E-state index is 0.0600. The van der Waals surface area contributed by atoms with Crippen molar-refractivity contribution in [1.82, 2.24) is 9.55 Å². The number of carbonyl (C=O) groups is 1. The molecule has 0 radical (unpaired) electrons. The van der Waals surface area contributed by atoms with E-state index in [0.717, 1.165) is 0 Å². The Morgan fingerprint density at radius 2 is 1.71 bits per heavy atom.